The van der Waals surface area contributed by atoms with Crippen molar-refractivity contribution in [3.05, 3.63) is 97.1 Å². The minimum atomic E-state index is -1.79. The van der Waals surface area contributed by atoms with E-state index in [1.807, 2.05) is 0 Å². The first-order chi connectivity index (χ1) is 37.7. The van der Waals surface area contributed by atoms with Gasteiger partial charge in [0.05, 0.1) is 60.4 Å². The minimum absolute atomic E-state index is 0.312. The molecule has 434 valence electrons. The molecule has 4 aromatic carbocycles. The van der Waals surface area contributed by atoms with Gasteiger partial charge in [-0.2, -0.15) is 0 Å². The Bertz CT molecular complexity index is 1940. The minimum Gasteiger partial charge on any atom is -0.481 e. The number of carboxylic acid groups (broad SMARTS) is 2. The molecule has 10 heteroatoms. The van der Waals surface area contributed by atoms with E-state index < -0.39 is 26.5 Å². The van der Waals surface area contributed by atoms with E-state index >= 15 is 0 Å². The Hall–Kier alpha value is -4.12. The molecule has 0 aliphatic heterocycles. The molecule has 0 saturated heterocycles. The van der Waals surface area contributed by atoms with Gasteiger partial charge in [-0.1, -0.05) is 128 Å². The van der Waals surface area contributed by atoms with Crippen LogP contribution in [0.25, 0.3) is 0 Å². The fraction of sp³-hybridized carbons (Fsp3) is 0.618. The summed E-state index contributed by atoms with van der Waals surface area (Å²) < 4.78 is 0. The molecule has 0 spiro atoms. The van der Waals surface area contributed by atoms with E-state index in [-0.39, 0.29) is 0 Å². The molecule has 0 bridgehead atoms. The number of rotatable bonds is 45. The van der Waals surface area contributed by atoms with Crippen LogP contribution < -0.4 is 40.8 Å². The van der Waals surface area contributed by atoms with Crippen LogP contribution in [-0.2, 0) is 9.59 Å². The average Bonchev–Trinajstić information content (AvgIpc) is 3.43. The molecule has 0 aromatic heterocycles. The van der Waals surface area contributed by atoms with Crippen LogP contribution in [0.1, 0.15) is 193 Å². The topological polar surface area (TPSA) is 87.6 Å². The normalized spacial score (nSPS) is 11.7. The van der Waals surface area contributed by atoms with Gasteiger partial charge in [0, 0.05) is 92.0 Å². The molecule has 8 nitrogen and oxygen atoms in total. The monoisotopic (exact) mass is 1110 g/mol. The highest BCUT2D eigenvalue weighted by atomic mass is 31.2. The van der Waals surface area contributed by atoms with Gasteiger partial charge in [-0.05, 0) is 148 Å². The number of anilines is 4. The van der Waals surface area contributed by atoms with Gasteiger partial charge < -0.3 is 29.8 Å². The smallest absolute Gasteiger partial charge is 0.303 e. The molecular weight excluding hydrogens is 999 g/mol. The Morgan fingerprint density at radius 2 is 0.423 bits per heavy atom. The van der Waals surface area contributed by atoms with E-state index in [9.17, 15) is 9.59 Å². The predicted molar refractivity (Wildman–Crippen MR) is 349 cm³/mol. The zero-order chi connectivity index (χ0) is 56.4. The van der Waals surface area contributed by atoms with Gasteiger partial charge >= 0.3 is 11.9 Å². The number of benzene rings is 4. The molecular formula is C68H110N4O4P2+2. The summed E-state index contributed by atoms with van der Waals surface area (Å²) in [5.41, 5.74) is 5.06. The number of carboxylic acids is 2. The van der Waals surface area contributed by atoms with Gasteiger partial charge in [-0.3, -0.25) is 9.59 Å². The third-order valence-electron chi connectivity index (χ3n) is 16.6. The van der Waals surface area contributed by atoms with Crippen molar-refractivity contribution >= 4 is 70.4 Å². The molecule has 0 fully saturated rings. The Labute approximate surface area is 478 Å². The van der Waals surface area contributed by atoms with Crippen molar-refractivity contribution in [2.24, 2.45) is 0 Å². The van der Waals surface area contributed by atoms with Crippen LogP contribution in [0.3, 0.4) is 0 Å². The van der Waals surface area contributed by atoms with E-state index in [1.165, 1.54) is 201 Å². The molecule has 2 N–H and O–H groups in total. The summed E-state index contributed by atoms with van der Waals surface area (Å²) in [4.78, 5) is 30.6. The molecule has 4 rings (SSSR count). The summed E-state index contributed by atoms with van der Waals surface area (Å²) in [6.07, 6.45) is 40.2. The standard InChI is InChI=1S/C68H108N4O4P2/c1-69(2)59-39-47-63(48-40-59)77(64-49-41-60(42-50-64)70(3)4,55-33-29-25-21-17-13-9-11-15-19-23-27-31-37-67(73)74)57-35-36-58-78(65-51-43-61(44-52-65)71(5)6,66-53-45-62(46-54-66)72(7)8)56-34-30-26-22-18-14-10-12-16-20-24-28-32-38-68(75)76/h39-54H,9-38,55-58H2,1-8H3/p+2. The summed E-state index contributed by atoms with van der Waals surface area (Å²) in [6.45, 7) is 0. The van der Waals surface area contributed by atoms with E-state index in [0.717, 1.165) is 25.7 Å². The maximum absolute atomic E-state index is 10.8. The molecule has 0 atom stereocenters. The van der Waals surface area contributed by atoms with Crippen molar-refractivity contribution in [3.8, 4) is 0 Å². The molecule has 0 saturated carbocycles. The first-order valence-corrected chi connectivity index (χ1v) is 35.3. The third-order valence-corrected chi connectivity index (χ3v) is 26.1. The van der Waals surface area contributed by atoms with Crippen molar-refractivity contribution in [2.75, 3.05) is 101 Å². The van der Waals surface area contributed by atoms with Crippen LogP contribution in [0.5, 0.6) is 0 Å². The second-order valence-electron chi connectivity index (χ2n) is 23.7. The number of nitrogens with zero attached hydrogens (tertiary/aromatic N) is 4. The third kappa shape index (κ3) is 23.9. The second kappa shape index (κ2) is 37.7. The SMILES string of the molecule is CN(C)c1ccc([P+](CCCCCCCCCCCCCCCC(=O)O)(CCCC[P+](CCCCCCCCCCCCCCCC(=O)O)(c2ccc(N(C)C)cc2)c2ccc(N(C)C)cc2)c2ccc(N(C)C)cc2)cc1. The van der Waals surface area contributed by atoms with E-state index in [0.29, 0.717) is 12.8 Å². The largest absolute Gasteiger partial charge is 0.481 e. The molecule has 0 aliphatic rings. The molecule has 0 radical (unpaired) electrons. The molecule has 0 unspecified atom stereocenters. The van der Waals surface area contributed by atoms with Gasteiger partial charge in [-0.25, -0.2) is 0 Å². The summed E-state index contributed by atoms with van der Waals surface area (Å²) in [6, 6.07) is 39.0. The van der Waals surface area contributed by atoms with Crippen LogP contribution in [0.2, 0.25) is 0 Å². The van der Waals surface area contributed by atoms with Gasteiger partial charge in [0.15, 0.2) is 0 Å². The zero-order valence-corrected chi connectivity index (χ0v) is 52.5. The molecule has 4 aromatic rings. The fourth-order valence-corrected chi connectivity index (χ4v) is 20.7. The molecule has 78 heavy (non-hydrogen) atoms. The van der Waals surface area contributed by atoms with Crippen molar-refractivity contribution in [1.29, 1.82) is 0 Å². The lowest BCUT2D eigenvalue weighted by Gasteiger charge is -2.31. The van der Waals surface area contributed by atoms with Crippen LogP contribution in [0.15, 0.2) is 97.1 Å². The van der Waals surface area contributed by atoms with Crippen LogP contribution >= 0.6 is 14.5 Å². The quantitative estimate of drug-likeness (QED) is 0.0334. The number of hydrogen-bond donors (Lipinski definition) is 2. The summed E-state index contributed by atoms with van der Waals surface area (Å²) in [5, 5.41) is 24.1. The maximum atomic E-state index is 10.8. The van der Waals surface area contributed by atoms with Crippen molar-refractivity contribution < 1.29 is 19.8 Å². The zero-order valence-electron chi connectivity index (χ0n) is 50.7. The van der Waals surface area contributed by atoms with E-state index in [1.54, 1.807) is 21.2 Å². The van der Waals surface area contributed by atoms with Crippen LogP contribution in [0.4, 0.5) is 22.7 Å². The lowest BCUT2D eigenvalue weighted by atomic mass is 10.0. The summed E-state index contributed by atoms with van der Waals surface area (Å²) in [5.74, 6) is -1.33. The molecule has 0 aliphatic carbocycles. The highest BCUT2D eigenvalue weighted by molar-refractivity contribution is 7.90. The van der Waals surface area contributed by atoms with Gasteiger partial charge in [0.2, 0.25) is 0 Å². The number of aliphatic carboxylic acids is 2. The van der Waals surface area contributed by atoms with Crippen molar-refractivity contribution in [2.45, 2.75) is 193 Å². The Morgan fingerprint density at radius 1 is 0.269 bits per heavy atom. The Balaban J connectivity index is 1.52. The van der Waals surface area contributed by atoms with Gasteiger partial charge in [0.1, 0.15) is 0 Å². The number of carbonyl (C=O) groups is 2. The second-order valence-corrected chi connectivity index (χ2v) is 31.4. The number of hydrogen-bond acceptors (Lipinski definition) is 6. The molecule has 0 amide bonds. The predicted octanol–water partition coefficient (Wildman–Crippen LogP) is 16.5. The lowest BCUT2D eigenvalue weighted by molar-refractivity contribution is -0.138. The van der Waals surface area contributed by atoms with Crippen molar-refractivity contribution in [1.82, 2.24) is 0 Å². The average molecular weight is 1110 g/mol. The Morgan fingerprint density at radius 3 is 0.590 bits per heavy atom. The summed E-state index contributed by atoms with van der Waals surface area (Å²) >= 11 is 0. The van der Waals surface area contributed by atoms with Crippen molar-refractivity contribution in [3.63, 3.8) is 0 Å². The van der Waals surface area contributed by atoms with Gasteiger partial charge in [0.25, 0.3) is 0 Å². The lowest BCUT2D eigenvalue weighted by Crippen LogP contribution is -2.30. The number of unbranched alkanes of at least 4 members (excludes halogenated alkanes) is 25. The van der Waals surface area contributed by atoms with Crippen LogP contribution in [0, 0.1) is 0 Å². The summed E-state index contributed by atoms with van der Waals surface area (Å²) in [7, 11) is 13.7. The van der Waals surface area contributed by atoms with Gasteiger partial charge in [-0.15, -0.1) is 0 Å². The fourth-order valence-electron chi connectivity index (χ4n) is 11.7. The maximum Gasteiger partial charge on any atom is 0.303 e. The molecule has 0 heterocycles. The first kappa shape index (κ1) is 66.4. The van der Waals surface area contributed by atoms with E-state index in [2.05, 4.69) is 173 Å². The van der Waals surface area contributed by atoms with E-state index in [4.69, 9.17) is 10.2 Å². The Kier molecular flexibility index (Phi) is 32.1. The van der Waals surface area contributed by atoms with Crippen LogP contribution in [-0.4, -0.2) is 103 Å². The first-order valence-electron chi connectivity index (χ1n) is 31.0. The highest BCUT2D eigenvalue weighted by Gasteiger charge is 2.45. The highest BCUT2D eigenvalue weighted by Crippen LogP contribution is 2.61.